The molecule has 0 radical (unpaired) electrons. The molecule has 3 rings (SSSR count). The molecule has 1 atom stereocenters. The Morgan fingerprint density at radius 3 is 2.75 bits per heavy atom. The van der Waals surface area contributed by atoms with Crippen molar-refractivity contribution in [1.82, 2.24) is 15.1 Å². The molecule has 2 aromatic rings. The molecule has 1 saturated heterocycles. The van der Waals surface area contributed by atoms with E-state index in [1.54, 1.807) is 0 Å². The Morgan fingerprint density at radius 2 is 2.08 bits per heavy atom. The van der Waals surface area contributed by atoms with Crippen molar-refractivity contribution >= 4 is 21.4 Å². The lowest BCUT2D eigenvalue weighted by atomic mass is 10.1. The Hall–Kier alpha value is -1.37. The first kappa shape index (κ1) is 17.5. The van der Waals surface area contributed by atoms with E-state index < -0.39 is 9.84 Å². The van der Waals surface area contributed by atoms with Gasteiger partial charge in [-0.25, -0.2) is 8.42 Å². The van der Waals surface area contributed by atoms with Crippen LogP contribution in [-0.4, -0.2) is 35.7 Å². The molecular weight excluding hydrogens is 346 g/mol. The smallest absolute Gasteiger partial charge is 0.151 e. The lowest BCUT2D eigenvalue weighted by Gasteiger charge is -2.11. The Morgan fingerprint density at radius 1 is 1.33 bits per heavy atom. The van der Waals surface area contributed by atoms with Crippen LogP contribution in [0.1, 0.15) is 28.9 Å². The number of nitrogens with zero attached hydrogens (tertiary/aromatic N) is 2. The van der Waals surface area contributed by atoms with Gasteiger partial charge in [0.2, 0.25) is 0 Å². The van der Waals surface area contributed by atoms with E-state index in [-0.39, 0.29) is 17.5 Å². The predicted octanol–water partition coefficient (Wildman–Crippen LogP) is 2.48. The number of halogens is 1. The zero-order valence-corrected chi connectivity index (χ0v) is 15.5. The zero-order chi connectivity index (χ0) is 17.3. The molecule has 1 aromatic carbocycles. The Kier molecular flexibility index (Phi) is 4.99. The highest BCUT2D eigenvalue weighted by Gasteiger charge is 2.27. The Bertz CT molecular complexity index is 846. The number of sulfone groups is 1. The fourth-order valence-corrected chi connectivity index (χ4v) is 5.04. The Balaban J connectivity index is 1.71. The summed E-state index contributed by atoms with van der Waals surface area (Å²) in [5.74, 6) is 0.521. The molecular formula is C17H22ClN3O2S. The molecule has 0 bridgehead atoms. The minimum atomic E-state index is -2.86. The second kappa shape index (κ2) is 6.86. The van der Waals surface area contributed by atoms with Crippen LogP contribution in [0.2, 0.25) is 5.02 Å². The van der Waals surface area contributed by atoms with Gasteiger partial charge < -0.3 is 5.32 Å². The van der Waals surface area contributed by atoms with Gasteiger partial charge in [-0.3, -0.25) is 4.68 Å². The molecule has 2 heterocycles. The van der Waals surface area contributed by atoms with E-state index >= 15 is 0 Å². The summed E-state index contributed by atoms with van der Waals surface area (Å²) in [6.45, 7) is 5.29. The van der Waals surface area contributed by atoms with Gasteiger partial charge >= 0.3 is 0 Å². The van der Waals surface area contributed by atoms with Crippen LogP contribution in [0.3, 0.4) is 0 Å². The van der Waals surface area contributed by atoms with Crippen LogP contribution < -0.4 is 5.32 Å². The van der Waals surface area contributed by atoms with Crippen molar-refractivity contribution in [3.63, 3.8) is 0 Å². The number of benzene rings is 1. The molecule has 24 heavy (non-hydrogen) atoms. The SMILES string of the molecule is Cc1nn(Cc2ccccc2Cl)c(C)c1CN[C@H]1CCS(=O)(=O)C1. The minimum Gasteiger partial charge on any atom is -0.309 e. The van der Waals surface area contributed by atoms with E-state index in [2.05, 4.69) is 10.4 Å². The first-order chi connectivity index (χ1) is 11.4. The molecule has 5 nitrogen and oxygen atoms in total. The summed E-state index contributed by atoms with van der Waals surface area (Å²) in [5, 5.41) is 8.72. The van der Waals surface area contributed by atoms with Crippen LogP contribution in [-0.2, 0) is 22.9 Å². The summed E-state index contributed by atoms with van der Waals surface area (Å²) in [7, 11) is -2.86. The molecule has 1 aromatic heterocycles. The third-order valence-electron chi connectivity index (χ3n) is 4.61. The average Bonchev–Trinajstić information content (AvgIpc) is 3.00. The van der Waals surface area contributed by atoms with Gasteiger partial charge in [-0.1, -0.05) is 29.8 Å². The van der Waals surface area contributed by atoms with Crippen molar-refractivity contribution in [1.29, 1.82) is 0 Å². The molecule has 0 spiro atoms. The predicted molar refractivity (Wildman–Crippen MR) is 96.2 cm³/mol. The summed E-state index contributed by atoms with van der Waals surface area (Å²) < 4.78 is 25.1. The molecule has 7 heteroatoms. The van der Waals surface area contributed by atoms with Gasteiger partial charge in [0.25, 0.3) is 0 Å². The molecule has 0 aliphatic carbocycles. The molecule has 0 unspecified atom stereocenters. The summed E-state index contributed by atoms with van der Waals surface area (Å²) >= 11 is 6.24. The van der Waals surface area contributed by atoms with Crippen LogP contribution in [0.5, 0.6) is 0 Å². The van der Waals surface area contributed by atoms with Crippen molar-refractivity contribution in [2.45, 2.75) is 39.4 Å². The fraction of sp³-hybridized carbons (Fsp3) is 0.471. The minimum absolute atomic E-state index is 0.0423. The van der Waals surface area contributed by atoms with Crippen LogP contribution in [0, 0.1) is 13.8 Å². The first-order valence-electron chi connectivity index (χ1n) is 8.06. The molecule has 1 aliphatic rings. The van der Waals surface area contributed by atoms with E-state index in [1.807, 2.05) is 42.8 Å². The number of nitrogens with one attached hydrogen (secondary N) is 1. The first-order valence-corrected chi connectivity index (χ1v) is 10.3. The molecule has 0 saturated carbocycles. The van der Waals surface area contributed by atoms with Gasteiger partial charge in [0.05, 0.1) is 23.7 Å². The van der Waals surface area contributed by atoms with E-state index in [0.29, 0.717) is 19.5 Å². The van der Waals surface area contributed by atoms with Gasteiger partial charge in [-0.15, -0.1) is 0 Å². The summed E-state index contributed by atoms with van der Waals surface area (Å²) in [5.41, 5.74) is 4.21. The van der Waals surface area contributed by atoms with Crippen LogP contribution >= 0.6 is 11.6 Å². The maximum atomic E-state index is 11.6. The largest absolute Gasteiger partial charge is 0.309 e. The van der Waals surface area contributed by atoms with Crippen LogP contribution in [0.25, 0.3) is 0 Å². The third-order valence-corrected chi connectivity index (χ3v) is 6.75. The van der Waals surface area contributed by atoms with E-state index in [1.165, 1.54) is 0 Å². The maximum absolute atomic E-state index is 11.6. The van der Waals surface area contributed by atoms with Gasteiger partial charge in [-0.05, 0) is 31.9 Å². The van der Waals surface area contributed by atoms with Gasteiger partial charge in [0.1, 0.15) is 0 Å². The monoisotopic (exact) mass is 367 g/mol. The Labute approximate surface area is 147 Å². The summed E-state index contributed by atoms with van der Waals surface area (Å²) in [6.07, 6.45) is 0.689. The third kappa shape index (κ3) is 3.82. The molecule has 1 aliphatic heterocycles. The zero-order valence-electron chi connectivity index (χ0n) is 13.9. The standard InChI is InChI=1S/C17H22ClN3O2S/c1-12-16(9-19-15-7-8-24(22,23)11-15)13(2)21(20-12)10-14-5-3-4-6-17(14)18/h3-6,15,19H,7-11H2,1-2H3/t15-/m0/s1. The number of aromatic nitrogens is 2. The van der Waals surface area contributed by atoms with Gasteiger partial charge in [0, 0.05) is 28.9 Å². The lowest BCUT2D eigenvalue weighted by Crippen LogP contribution is -2.29. The summed E-state index contributed by atoms with van der Waals surface area (Å²) in [6, 6.07) is 7.81. The molecule has 1 fully saturated rings. The fourth-order valence-electron chi connectivity index (χ4n) is 3.13. The highest BCUT2D eigenvalue weighted by atomic mass is 35.5. The van der Waals surface area contributed by atoms with Gasteiger partial charge in [-0.2, -0.15) is 5.10 Å². The van der Waals surface area contributed by atoms with Crippen molar-refractivity contribution in [3.05, 3.63) is 51.8 Å². The van der Waals surface area contributed by atoms with Crippen LogP contribution in [0.4, 0.5) is 0 Å². The highest BCUT2D eigenvalue weighted by Crippen LogP contribution is 2.20. The molecule has 1 N–H and O–H groups in total. The highest BCUT2D eigenvalue weighted by molar-refractivity contribution is 7.91. The quantitative estimate of drug-likeness (QED) is 0.881. The van der Waals surface area contributed by atoms with E-state index in [0.717, 1.165) is 27.5 Å². The second-order valence-electron chi connectivity index (χ2n) is 6.38. The van der Waals surface area contributed by atoms with Crippen molar-refractivity contribution in [2.24, 2.45) is 0 Å². The molecule has 130 valence electrons. The number of aryl methyl sites for hydroxylation is 1. The number of hydrogen-bond donors (Lipinski definition) is 1. The van der Waals surface area contributed by atoms with Crippen molar-refractivity contribution in [3.8, 4) is 0 Å². The summed E-state index contributed by atoms with van der Waals surface area (Å²) in [4.78, 5) is 0. The van der Waals surface area contributed by atoms with E-state index in [4.69, 9.17) is 11.6 Å². The topological polar surface area (TPSA) is 64.0 Å². The van der Waals surface area contributed by atoms with E-state index in [9.17, 15) is 8.42 Å². The average molecular weight is 368 g/mol. The normalized spacial score (nSPS) is 19.7. The van der Waals surface area contributed by atoms with Crippen molar-refractivity contribution < 1.29 is 8.42 Å². The maximum Gasteiger partial charge on any atom is 0.151 e. The van der Waals surface area contributed by atoms with Crippen molar-refractivity contribution in [2.75, 3.05) is 11.5 Å². The second-order valence-corrected chi connectivity index (χ2v) is 9.02. The number of rotatable bonds is 5. The van der Waals surface area contributed by atoms with Crippen LogP contribution in [0.15, 0.2) is 24.3 Å². The number of hydrogen-bond acceptors (Lipinski definition) is 4. The lowest BCUT2D eigenvalue weighted by molar-refractivity contribution is 0.551. The van der Waals surface area contributed by atoms with Gasteiger partial charge in [0.15, 0.2) is 9.84 Å². The molecule has 0 amide bonds.